The number of hydrogen-bond acceptors (Lipinski definition) is 9. The van der Waals surface area contributed by atoms with Crippen molar-refractivity contribution in [2.45, 2.75) is 45.1 Å². The van der Waals surface area contributed by atoms with Crippen LogP contribution in [0.1, 0.15) is 39.0 Å². The van der Waals surface area contributed by atoms with E-state index in [2.05, 4.69) is 32.5 Å². The molecule has 1 amide bonds. The SMILES string of the molecule is CC(=O)NCCNc1cc(Oc2ccc3nc(N(C)C4CCCCC4)sc3c2)nc(N)n1. The minimum Gasteiger partial charge on any atom is -0.439 e. The number of rotatable bonds is 8. The molecule has 0 aliphatic heterocycles. The number of hydrogen-bond donors (Lipinski definition) is 3. The van der Waals surface area contributed by atoms with Crippen molar-refractivity contribution in [1.29, 1.82) is 0 Å². The largest absolute Gasteiger partial charge is 0.439 e. The predicted molar refractivity (Wildman–Crippen MR) is 129 cm³/mol. The van der Waals surface area contributed by atoms with Gasteiger partial charge in [-0.05, 0) is 25.0 Å². The molecule has 10 heteroatoms. The van der Waals surface area contributed by atoms with Crippen molar-refractivity contribution < 1.29 is 9.53 Å². The molecule has 1 fully saturated rings. The van der Waals surface area contributed by atoms with E-state index in [4.69, 9.17) is 15.5 Å². The first-order chi connectivity index (χ1) is 15.5. The van der Waals surface area contributed by atoms with Gasteiger partial charge in [0, 0.05) is 45.2 Å². The van der Waals surface area contributed by atoms with Crippen LogP contribution in [0.3, 0.4) is 0 Å². The van der Waals surface area contributed by atoms with Gasteiger partial charge in [0.15, 0.2) is 5.13 Å². The fourth-order valence-electron chi connectivity index (χ4n) is 3.87. The quantitative estimate of drug-likeness (QED) is 0.439. The molecule has 0 bridgehead atoms. The van der Waals surface area contributed by atoms with E-state index in [0.717, 1.165) is 15.3 Å². The molecule has 0 atom stereocenters. The molecule has 9 nitrogen and oxygen atoms in total. The van der Waals surface area contributed by atoms with E-state index in [1.807, 2.05) is 18.2 Å². The number of benzene rings is 1. The zero-order valence-electron chi connectivity index (χ0n) is 18.4. The number of nitrogens with two attached hydrogens (primary N) is 1. The lowest BCUT2D eigenvalue weighted by Crippen LogP contribution is -2.33. The molecule has 1 aliphatic carbocycles. The Kier molecular flexibility index (Phi) is 6.89. The lowest BCUT2D eigenvalue weighted by molar-refractivity contribution is -0.118. The number of aromatic nitrogens is 3. The molecular weight excluding hydrogens is 426 g/mol. The van der Waals surface area contributed by atoms with Crippen LogP contribution >= 0.6 is 11.3 Å². The second kappa shape index (κ2) is 9.99. The molecule has 3 aromatic rings. The monoisotopic (exact) mass is 455 g/mol. The summed E-state index contributed by atoms with van der Waals surface area (Å²) in [6.07, 6.45) is 6.40. The average Bonchev–Trinajstić information content (AvgIpc) is 3.20. The van der Waals surface area contributed by atoms with Crippen molar-refractivity contribution in [3.63, 3.8) is 0 Å². The first-order valence-corrected chi connectivity index (χ1v) is 11.7. The number of fused-ring (bicyclic) bond motifs is 1. The third kappa shape index (κ3) is 5.56. The van der Waals surface area contributed by atoms with Gasteiger partial charge in [0.1, 0.15) is 11.6 Å². The number of amides is 1. The topological polar surface area (TPSA) is 118 Å². The van der Waals surface area contributed by atoms with E-state index in [1.54, 1.807) is 17.4 Å². The van der Waals surface area contributed by atoms with E-state index in [0.29, 0.717) is 36.6 Å². The van der Waals surface area contributed by atoms with Gasteiger partial charge in [0.25, 0.3) is 0 Å². The predicted octanol–water partition coefficient (Wildman–Crippen LogP) is 3.78. The Morgan fingerprint density at radius 3 is 2.78 bits per heavy atom. The minimum absolute atomic E-state index is 0.0791. The highest BCUT2D eigenvalue weighted by atomic mass is 32.1. The number of carbonyl (C=O) groups excluding carboxylic acids is 1. The van der Waals surface area contributed by atoms with E-state index in [1.165, 1.54) is 39.0 Å². The fourth-order valence-corrected chi connectivity index (χ4v) is 4.89. The van der Waals surface area contributed by atoms with Crippen molar-refractivity contribution in [1.82, 2.24) is 20.3 Å². The summed E-state index contributed by atoms with van der Waals surface area (Å²) in [5.41, 5.74) is 6.80. The zero-order chi connectivity index (χ0) is 22.5. The van der Waals surface area contributed by atoms with E-state index in [9.17, 15) is 4.79 Å². The summed E-state index contributed by atoms with van der Waals surface area (Å²) >= 11 is 1.68. The van der Waals surface area contributed by atoms with E-state index in [-0.39, 0.29) is 11.9 Å². The van der Waals surface area contributed by atoms with Gasteiger partial charge in [-0.3, -0.25) is 4.79 Å². The van der Waals surface area contributed by atoms with Gasteiger partial charge in [0.05, 0.1) is 10.2 Å². The van der Waals surface area contributed by atoms with Gasteiger partial charge in [-0.15, -0.1) is 0 Å². The normalized spacial score (nSPS) is 14.3. The fraction of sp³-hybridized carbons (Fsp3) is 0.455. The van der Waals surface area contributed by atoms with Gasteiger partial charge in [0.2, 0.25) is 17.7 Å². The summed E-state index contributed by atoms with van der Waals surface area (Å²) in [4.78, 5) is 26.5. The van der Waals surface area contributed by atoms with Crippen molar-refractivity contribution in [3.8, 4) is 11.6 Å². The Morgan fingerprint density at radius 1 is 1.19 bits per heavy atom. The summed E-state index contributed by atoms with van der Waals surface area (Å²) in [5.74, 6) is 1.58. The second-order valence-electron chi connectivity index (χ2n) is 7.99. The van der Waals surface area contributed by atoms with Gasteiger partial charge in [-0.2, -0.15) is 9.97 Å². The van der Waals surface area contributed by atoms with Crippen molar-refractivity contribution >= 4 is 44.4 Å². The molecule has 0 unspecified atom stereocenters. The summed E-state index contributed by atoms with van der Waals surface area (Å²) in [6, 6.07) is 8.09. The molecular formula is C22H29N7O2S. The number of nitrogens with zero attached hydrogens (tertiary/aromatic N) is 4. The van der Waals surface area contributed by atoms with Crippen LogP contribution in [0.25, 0.3) is 10.2 Å². The summed E-state index contributed by atoms with van der Waals surface area (Å²) < 4.78 is 7.03. The number of ether oxygens (including phenoxy) is 1. The Morgan fingerprint density at radius 2 is 2.00 bits per heavy atom. The van der Waals surface area contributed by atoms with E-state index >= 15 is 0 Å². The molecule has 2 aromatic heterocycles. The van der Waals surface area contributed by atoms with Crippen LogP contribution in [-0.4, -0.2) is 47.0 Å². The number of carbonyl (C=O) groups is 1. The highest BCUT2D eigenvalue weighted by Crippen LogP contribution is 2.35. The highest BCUT2D eigenvalue weighted by Gasteiger charge is 2.21. The lowest BCUT2D eigenvalue weighted by Gasteiger charge is -2.30. The molecule has 0 spiro atoms. The first-order valence-electron chi connectivity index (χ1n) is 10.9. The lowest BCUT2D eigenvalue weighted by atomic mass is 9.95. The molecule has 1 aliphatic rings. The van der Waals surface area contributed by atoms with Gasteiger partial charge in [-0.1, -0.05) is 30.6 Å². The smallest absolute Gasteiger partial charge is 0.226 e. The van der Waals surface area contributed by atoms with Crippen LogP contribution < -0.4 is 26.0 Å². The van der Waals surface area contributed by atoms with Crippen molar-refractivity contribution in [2.75, 3.05) is 36.1 Å². The van der Waals surface area contributed by atoms with Crippen molar-refractivity contribution in [3.05, 3.63) is 24.3 Å². The minimum atomic E-state index is -0.0791. The molecule has 0 saturated heterocycles. The summed E-state index contributed by atoms with van der Waals surface area (Å²) in [7, 11) is 2.15. The van der Waals surface area contributed by atoms with Gasteiger partial charge < -0.3 is 26.0 Å². The maximum atomic E-state index is 11.0. The average molecular weight is 456 g/mol. The number of thiazole rings is 1. The molecule has 32 heavy (non-hydrogen) atoms. The maximum Gasteiger partial charge on any atom is 0.226 e. The Labute approximate surface area is 191 Å². The number of nitrogens with one attached hydrogen (secondary N) is 2. The number of anilines is 3. The second-order valence-corrected chi connectivity index (χ2v) is 9.00. The molecule has 1 saturated carbocycles. The Balaban J connectivity index is 1.45. The van der Waals surface area contributed by atoms with Crippen LogP contribution in [0.15, 0.2) is 24.3 Å². The van der Waals surface area contributed by atoms with Gasteiger partial charge >= 0.3 is 0 Å². The maximum absolute atomic E-state index is 11.0. The zero-order valence-corrected chi connectivity index (χ0v) is 19.2. The highest BCUT2D eigenvalue weighted by molar-refractivity contribution is 7.22. The number of nitrogen functional groups attached to an aromatic ring is 1. The molecule has 2 heterocycles. The molecule has 170 valence electrons. The molecule has 1 aromatic carbocycles. The molecule has 0 radical (unpaired) electrons. The van der Waals surface area contributed by atoms with Crippen LogP contribution in [-0.2, 0) is 4.79 Å². The van der Waals surface area contributed by atoms with Crippen LogP contribution in [0.5, 0.6) is 11.6 Å². The van der Waals surface area contributed by atoms with Gasteiger partial charge in [-0.25, -0.2) is 4.98 Å². The van der Waals surface area contributed by atoms with E-state index < -0.39 is 0 Å². The Bertz CT molecular complexity index is 1080. The Hall–Kier alpha value is -3.14. The summed E-state index contributed by atoms with van der Waals surface area (Å²) in [6.45, 7) is 2.47. The third-order valence-corrected chi connectivity index (χ3v) is 6.63. The third-order valence-electron chi connectivity index (χ3n) is 5.52. The summed E-state index contributed by atoms with van der Waals surface area (Å²) in [5, 5.41) is 6.86. The van der Waals surface area contributed by atoms with Crippen LogP contribution in [0.4, 0.5) is 16.9 Å². The molecule has 4 N–H and O–H groups in total. The van der Waals surface area contributed by atoms with Crippen molar-refractivity contribution in [2.24, 2.45) is 0 Å². The van der Waals surface area contributed by atoms with Crippen LogP contribution in [0.2, 0.25) is 0 Å². The standard InChI is InChI=1S/C22H29N7O2S/c1-14(30)24-10-11-25-19-13-20(28-21(23)27-19)31-16-8-9-17-18(12-16)32-22(26-17)29(2)15-6-4-3-5-7-15/h8-9,12-13,15H,3-7,10-11H2,1-2H3,(H,24,30)(H3,23,25,27,28). The molecule has 4 rings (SSSR count). The first kappa shape index (κ1) is 22.1. The van der Waals surface area contributed by atoms with Crippen LogP contribution in [0, 0.1) is 0 Å².